The fraction of sp³-hybridized carbons (Fsp3) is 0.538. The Balaban J connectivity index is 2.07. The molecule has 6 nitrogen and oxygen atoms in total. The number of benzene rings is 1. The largest absolute Gasteiger partial charge is 0.398 e. The molecule has 0 amide bonds. The summed E-state index contributed by atoms with van der Waals surface area (Å²) in [5.74, 6) is 0. The molecule has 118 valence electrons. The minimum Gasteiger partial charge on any atom is -0.398 e. The lowest BCUT2D eigenvalue weighted by Gasteiger charge is -2.37. The van der Waals surface area contributed by atoms with E-state index in [9.17, 15) is 8.42 Å². The molecule has 1 aromatic carbocycles. The molecule has 0 spiro atoms. The second-order valence-corrected chi connectivity index (χ2v) is 7.60. The summed E-state index contributed by atoms with van der Waals surface area (Å²) in [5, 5.41) is 0.417. The van der Waals surface area contributed by atoms with Crippen LogP contribution in [0.1, 0.15) is 0 Å². The van der Waals surface area contributed by atoms with Gasteiger partial charge < -0.3 is 10.6 Å². The highest BCUT2D eigenvalue weighted by molar-refractivity contribution is 7.89. The number of halogens is 1. The number of sulfonamides is 1. The topological polar surface area (TPSA) is 78.7 Å². The van der Waals surface area contributed by atoms with E-state index < -0.39 is 10.0 Å². The summed E-state index contributed by atoms with van der Waals surface area (Å²) in [6, 6.07) is 4.53. The first-order chi connectivity index (χ1) is 9.79. The fourth-order valence-electron chi connectivity index (χ4n) is 2.37. The number of hydrogen-bond acceptors (Lipinski definition) is 5. The number of nitrogens with zero attached hydrogens (tertiary/aromatic N) is 2. The van der Waals surface area contributed by atoms with Crippen LogP contribution in [0.5, 0.6) is 0 Å². The van der Waals surface area contributed by atoms with Gasteiger partial charge in [0, 0.05) is 37.2 Å². The number of nitrogen functional groups attached to an aromatic ring is 1. The molecule has 1 aliphatic heterocycles. The van der Waals surface area contributed by atoms with Crippen LogP contribution in [0, 0.1) is 0 Å². The van der Waals surface area contributed by atoms with E-state index in [0.29, 0.717) is 11.6 Å². The minimum atomic E-state index is -3.63. The van der Waals surface area contributed by atoms with E-state index in [2.05, 4.69) is 14.5 Å². The Morgan fingerprint density at radius 2 is 2.10 bits per heavy atom. The predicted molar refractivity (Wildman–Crippen MR) is 85.0 cm³/mol. The summed E-state index contributed by atoms with van der Waals surface area (Å²) in [5.41, 5.74) is 5.90. The standard InChI is InChI=1S/C13H21ClN4O2S/c1-17-5-6-18(2)11(9-17)8-16-21(19,20)13-4-3-10(14)7-12(13)15/h3-4,7,11,16H,5-6,8-9,15H2,1-2H3. The van der Waals surface area contributed by atoms with Gasteiger partial charge in [0.25, 0.3) is 0 Å². The van der Waals surface area contributed by atoms with Gasteiger partial charge in [0.1, 0.15) is 4.90 Å². The first kappa shape index (κ1) is 16.5. The highest BCUT2D eigenvalue weighted by Gasteiger charge is 2.25. The summed E-state index contributed by atoms with van der Waals surface area (Å²) in [6.45, 7) is 3.09. The molecule has 0 aromatic heterocycles. The molecule has 0 radical (unpaired) electrons. The van der Waals surface area contributed by atoms with Crippen molar-refractivity contribution in [2.45, 2.75) is 10.9 Å². The fourth-order valence-corrected chi connectivity index (χ4v) is 3.73. The highest BCUT2D eigenvalue weighted by Crippen LogP contribution is 2.22. The zero-order valence-corrected chi connectivity index (χ0v) is 13.8. The lowest BCUT2D eigenvalue weighted by atomic mass is 10.2. The third-order valence-corrected chi connectivity index (χ3v) is 5.48. The van der Waals surface area contributed by atoms with Crippen LogP contribution in [0.25, 0.3) is 0 Å². The molecule has 0 saturated carbocycles. The van der Waals surface area contributed by atoms with Gasteiger partial charge in [0.05, 0.1) is 5.69 Å². The summed E-state index contributed by atoms with van der Waals surface area (Å²) in [7, 11) is 0.409. The molecule has 1 aliphatic rings. The summed E-state index contributed by atoms with van der Waals surface area (Å²) in [4.78, 5) is 4.42. The molecule has 2 rings (SSSR count). The van der Waals surface area contributed by atoms with Crippen LogP contribution in [-0.2, 0) is 10.0 Å². The number of piperazine rings is 1. The quantitative estimate of drug-likeness (QED) is 0.783. The molecule has 1 heterocycles. The van der Waals surface area contributed by atoms with Crippen LogP contribution in [0.4, 0.5) is 5.69 Å². The van der Waals surface area contributed by atoms with Gasteiger partial charge >= 0.3 is 0 Å². The molecule has 0 aliphatic carbocycles. The highest BCUT2D eigenvalue weighted by atomic mass is 35.5. The van der Waals surface area contributed by atoms with Crippen molar-refractivity contribution in [3.8, 4) is 0 Å². The van der Waals surface area contributed by atoms with Crippen molar-refractivity contribution < 1.29 is 8.42 Å². The molecular weight excluding hydrogens is 312 g/mol. The molecule has 1 atom stereocenters. The van der Waals surface area contributed by atoms with Crippen molar-refractivity contribution in [3.05, 3.63) is 23.2 Å². The van der Waals surface area contributed by atoms with Crippen LogP contribution in [0.15, 0.2) is 23.1 Å². The minimum absolute atomic E-state index is 0.0683. The van der Waals surface area contributed by atoms with E-state index in [1.807, 2.05) is 14.1 Å². The molecule has 21 heavy (non-hydrogen) atoms. The molecular formula is C13H21ClN4O2S. The van der Waals surface area contributed by atoms with Crippen LogP contribution in [0.3, 0.4) is 0 Å². The Morgan fingerprint density at radius 3 is 2.76 bits per heavy atom. The Bertz CT molecular complexity index is 608. The molecule has 1 unspecified atom stereocenters. The van der Waals surface area contributed by atoms with Gasteiger partial charge in [-0.25, -0.2) is 13.1 Å². The maximum atomic E-state index is 12.3. The van der Waals surface area contributed by atoms with Crippen molar-refractivity contribution in [2.24, 2.45) is 0 Å². The summed E-state index contributed by atoms with van der Waals surface area (Å²) < 4.78 is 27.3. The van der Waals surface area contributed by atoms with E-state index in [1.165, 1.54) is 18.2 Å². The normalized spacial score (nSPS) is 21.6. The van der Waals surface area contributed by atoms with Gasteiger partial charge in [-0.05, 0) is 32.3 Å². The van der Waals surface area contributed by atoms with Crippen molar-refractivity contribution in [2.75, 3.05) is 46.0 Å². The SMILES string of the molecule is CN1CCN(C)C(CNS(=O)(=O)c2ccc(Cl)cc2N)C1. The van der Waals surface area contributed by atoms with Gasteiger partial charge in [-0.15, -0.1) is 0 Å². The van der Waals surface area contributed by atoms with Crippen molar-refractivity contribution >= 4 is 27.3 Å². The predicted octanol–water partition coefficient (Wildman–Crippen LogP) is 0.446. The average molecular weight is 333 g/mol. The van der Waals surface area contributed by atoms with E-state index >= 15 is 0 Å². The van der Waals surface area contributed by atoms with Crippen LogP contribution < -0.4 is 10.5 Å². The van der Waals surface area contributed by atoms with Crippen molar-refractivity contribution in [3.63, 3.8) is 0 Å². The van der Waals surface area contributed by atoms with Crippen molar-refractivity contribution in [1.82, 2.24) is 14.5 Å². The maximum Gasteiger partial charge on any atom is 0.242 e. The van der Waals surface area contributed by atoms with Gasteiger partial charge in [-0.2, -0.15) is 0 Å². The molecule has 3 N–H and O–H groups in total. The second kappa shape index (κ2) is 6.50. The van der Waals surface area contributed by atoms with Gasteiger partial charge in [-0.3, -0.25) is 4.90 Å². The average Bonchev–Trinajstić information content (AvgIpc) is 2.39. The Labute approximate surface area is 130 Å². The zero-order valence-electron chi connectivity index (χ0n) is 12.2. The first-order valence-corrected chi connectivity index (χ1v) is 8.59. The van der Waals surface area contributed by atoms with E-state index in [0.717, 1.165) is 19.6 Å². The third kappa shape index (κ3) is 4.08. The molecule has 0 bridgehead atoms. The van der Waals surface area contributed by atoms with E-state index in [1.54, 1.807) is 0 Å². The Hall–Kier alpha value is -0.860. The summed E-state index contributed by atoms with van der Waals surface area (Å²) >= 11 is 5.79. The number of likely N-dealkylation sites (N-methyl/N-ethyl adjacent to an activating group) is 2. The second-order valence-electron chi connectivity index (χ2n) is 5.43. The van der Waals surface area contributed by atoms with E-state index in [-0.39, 0.29) is 16.6 Å². The van der Waals surface area contributed by atoms with E-state index in [4.69, 9.17) is 17.3 Å². The first-order valence-electron chi connectivity index (χ1n) is 6.73. The molecule has 8 heteroatoms. The molecule has 1 aromatic rings. The maximum absolute atomic E-state index is 12.3. The monoisotopic (exact) mass is 332 g/mol. The van der Waals surface area contributed by atoms with Gasteiger partial charge in [0.2, 0.25) is 10.0 Å². The number of rotatable bonds is 4. The smallest absolute Gasteiger partial charge is 0.242 e. The van der Waals surface area contributed by atoms with Crippen LogP contribution in [0.2, 0.25) is 5.02 Å². The molecule has 1 saturated heterocycles. The number of nitrogens with two attached hydrogens (primary N) is 1. The van der Waals surface area contributed by atoms with Crippen LogP contribution in [-0.4, -0.2) is 64.5 Å². The van der Waals surface area contributed by atoms with Crippen molar-refractivity contribution in [1.29, 1.82) is 0 Å². The van der Waals surface area contributed by atoms with Gasteiger partial charge in [-0.1, -0.05) is 11.6 Å². The lowest BCUT2D eigenvalue weighted by Crippen LogP contribution is -2.54. The Kier molecular flexibility index (Phi) is 5.11. The van der Waals surface area contributed by atoms with Crippen LogP contribution >= 0.6 is 11.6 Å². The zero-order chi connectivity index (χ0) is 15.6. The third-order valence-electron chi connectivity index (χ3n) is 3.75. The number of nitrogens with one attached hydrogen (secondary N) is 1. The summed E-state index contributed by atoms with van der Waals surface area (Å²) in [6.07, 6.45) is 0. The molecule has 1 fully saturated rings. The number of hydrogen-bond donors (Lipinski definition) is 2. The lowest BCUT2D eigenvalue weighted by molar-refractivity contribution is 0.117. The Morgan fingerprint density at radius 1 is 1.38 bits per heavy atom. The van der Waals surface area contributed by atoms with Gasteiger partial charge in [0.15, 0.2) is 0 Å². The number of anilines is 1.